The Morgan fingerprint density at radius 1 is 1.39 bits per heavy atom. The van der Waals surface area contributed by atoms with Crippen LogP contribution in [0.1, 0.15) is 16.8 Å². The maximum atomic E-state index is 11.7. The fraction of sp³-hybridized carbons (Fsp3) is 0.333. The minimum atomic E-state index is -0.273. The number of anilines is 1. The highest BCUT2D eigenvalue weighted by Crippen LogP contribution is 2.19. The summed E-state index contributed by atoms with van der Waals surface area (Å²) in [5.74, 6) is -0.309. The van der Waals surface area contributed by atoms with Crippen molar-refractivity contribution in [2.75, 3.05) is 26.4 Å². The molecule has 5 nitrogen and oxygen atoms in total. The van der Waals surface area contributed by atoms with Gasteiger partial charge in [0.25, 0.3) is 5.91 Å². The van der Waals surface area contributed by atoms with E-state index in [4.69, 9.17) is 17.3 Å². The highest BCUT2D eigenvalue weighted by Gasteiger charge is 2.08. The van der Waals surface area contributed by atoms with Crippen LogP contribution < -0.4 is 11.1 Å². The number of halogens is 1. The zero-order valence-electron chi connectivity index (χ0n) is 10.4. The van der Waals surface area contributed by atoms with Crippen LogP contribution in [0, 0.1) is 0 Å². The fourth-order valence-corrected chi connectivity index (χ4v) is 1.41. The summed E-state index contributed by atoms with van der Waals surface area (Å²) in [6, 6.07) is 4.66. The third-order valence-electron chi connectivity index (χ3n) is 2.38. The Labute approximate surface area is 111 Å². The van der Waals surface area contributed by atoms with E-state index in [2.05, 4.69) is 5.32 Å². The molecule has 0 bridgehead atoms. The third-order valence-corrected chi connectivity index (χ3v) is 2.73. The van der Waals surface area contributed by atoms with Crippen molar-refractivity contribution in [2.24, 2.45) is 0 Å². The van der Waals surface area contributed by atoms with Crippen molar-refractivity contribution in [3.8, 4) is 0 Å². The molecule has 98 valence electrons. The standard InChI is InChI=1S/C12H16ClN3O2/c1-16(2)11(17)5-6-15-12(18)8-3-4-9(13)10(14)7-8/h3-4,7H,5-6,14H2,1-2H3,(H,15,18). The Balaban J connectivity index is 2.50. The smallest absolute Gasteiger partial charge is 0.251 e. The second kappa shape index (κ2) is 6.26. The molecule has 3 N–H and O–H groups in total. The van der Waals surface area contributed by atoms with Crippen molar-refractivity contribution in [1.82, 2.24) is 10.2 Å². The van der Waals surface area contributed by atoms with Gasteiger partial charge in [-0.3, -0.25) is 9.59 Å². The predicted octanol–water partition coefficient (Wildman–Crippen LogP) is 1.13. The first-order chi connectivity index (χ1) is 8.41. The zero-order chi connectivity index (χ0) is 13.7. The lowest BCUT2D eigenvalue weighted by atomic mass is 10.2. The number of benzene rings is 1. The lowest BCUT2D eigenvalue weighted by Gasteiger charge is -2.10. The van der Waals surface area contributed by atoms with Gasteiger partial charge in [0, 0.05) is 32.6 Å². The van der Waals surface area contributed by atoms with Gasteiger partial charge in [-0.15, -0.1) is 0 Å². The number of hydrogen-bond donors (Lipinski definition) is 2. The van der Waals surface area contributed by atoms with E-state index < -0.39 is 0 Å². The molecule has 6 heteroatoms. The molecule has 0 saturated heterocycles. The molecule has 18 heavy (non-hydrogen) atoms. The summed E-state index contributed by atoms with van der Waals surface area (Å²) in [4.78, 5) is 24.5. The average molecular weight is 270 g/mol. The molecule has 0 fully saturated rings. The van der Waals surface area contributed by atoms with Gasteiger partial charge in [-0.05, 0) is 18.2 Å². The van der Waals surface area contributed by atoms with E-state index in [0.717, 1.165) is 0 Å². The molecule has 0 aliphatic heterocycles. The summed E-state index contributed by atoms with van der Waals surface area (Å²) in [6.07, 6.45) is 0.266. The van der Waals surface area contributed by atoms with E-state index >= 15 is 0 Å². The molecule has 0 unspecified atom stereocenters. The lowest BCUT2D eigenvalue weighted by molar-refractivity contribution is -0.128. The first-order valence-corrected chi connectivity index (χ1v) is 5.83. The van der Waals surface area contributed by atoms with Crippen LogP contribution in [-0.4, -0.2) is 37.4 Å². The van der Waals surface area contributed by atoms with E-state index in [1.807, 2.05) is 0 Å². The Bertz CT molecular complexity index is 461. The topological polar surface area (TPSA) is 75.4 Å². The molecule has 0 atom stereocenters. The fourth-order valence-electron chi connectivity index (χ4n) is 1.29. The molecule has 0 aromatic heterocycles. The summed E-state index contributed by atoms with van der Waals surface area (Å²) in [6.45, 7) is 0.290. The largest absolute Gasteiger partial charge is 0.398 e. The van der Waals surface area contributed by atoms with Gasteiger partial charge in [0.1, 0.15) is 0 Å². The molecule has 0 spiro atoms. The number of nitrogens with one attached hydrogen (secondary N) is 1. The average Bonchev–Trinajstić information content (AvgIpc) is 2.32. The Morgan fingerprint density at radius 3 is 2.61 bits per heavy atom. The van der Waals surface area contributed by atoms with Crippen molar-refractivity contribution in [3.63, 3.8) is 0 Å². The molecule has 0 heterocycles. The second-order valence-electron chi connectivity index (χ2n) is 4.03. The van der Waals surface area contributed by atoms with E-state index in [1.165, 1.54) is 11.0 Å². The van der Waals surface area contributed by atoms with Crippen molar-refractivity contribution in [2.45, 2.75) is 6.42 Å². The maximum Gasteiger partial charge on any atom is 0.251 e. The van der Waals surface area contributed by atoms with Crippen molar-refractivity contribution >= 4 is 29.1 Å². The van der Waals surface area contributed by atoms with Gasteiger partial charge in [0.15, 0.2) is 0 Å². The van der Waals surface area contributed by atoms with E-state index in [9.17, 15) is 9.59 Å². The molecule has 2 amide bonds. The van der Waals surface area contributed by atoms with Crippen LogP contribution in [0.4, 0.5) is 5.69 Å². The second-order valence-corrected chi connectivity index (χ2v) is 4.44. The normalized spacial score (nSPS) is 9.94. The minimum absolute atomic E-state index is 0.0362. The van der Waals surface area contributed by atoms with Crippen molar-refractivity contribution in [3.05, 3.63) is 28.8 Å². The van der Waals surface area contributed by atoms with Gasteiger partial charge in [-0.25, -0.2) is 0 Å². The maximum absolute atomic E-state index is 11.7. The molecule has 1 rings (SSSR count). The van der Waals surface area contributed by atoms with Gasteiger partial charge < -0.3 is 16.0 Å². The first kappa shape index (κ1) is 14.3. The molecule has 1 aromatic rings. The summed E-state index contributed by atoms with van der Waals surface area (Å²) in [7, 11) is 3.34. The number of carbonyl (C=O) groups is 2. The van der Waals surface area contributed by atoms with E-state index in [1.54, 1.807) is 26.2 Å². The summed E-state index contributed by atoms with van der Waals surface area (Å²) >= 11 is 5.76. The van der Waals surface area contributed by atoms with Gasteiger partial charge >= 0.3 is 0 Å². The quantitative estimate of drug-likeness (QED) is 0.805. The zero-order valence-corrected chi connectivity index (χ0v) is 11.1. The van der Waals surface area contributed by atoms with Gasteiger partial charge in [-0.1, -0.05) is 11.6 Å². The lowest BCUT2D eigenvalue weighted by Crippen LogP contribution is -2.30. The highest BCUT2D eigenvalue weighted by molar-refractivity contribution is 6.33. The molecule has 0 radical (unpaired) electrons. The first-order valence-electron chi connectivity index (χ1n) is 5.45. The number of rotatable bonds is 4. The van der Waals surface area contributed by atoms with Crippen molar-refractivity contribution < 1.29 is 9.59 Å². The number of hydrogen-bond acceptors (Lipinski definition) is 3. The third kappa shape index (κ3) is 3.92. The number of carbonyl (C=O) groups excluding carboxylic acids is 2. The SMILES string of the molecule is CN(C)C(=O)CCNC(=O)c1ccc(Cl)c(N)c1. The predicted molar refractivity (Wildman–Crippen MR) is 71.5 cm³/mol. The molecule has 0 saturated carbocycles. The van der Waals surface area contributed by atoms with Crippen LogP contribution in [0.25, 0.3) is 0 Å². The van der Waals surface area contributed by atoms with Gasteiger partial charge in [0.05, 0.1) is 10.7 Å². The number of nitrogen functional groups attached to an aromatic ring is 1. The van der Waals surface area contributed by atoms with Crippen LogP contribution in [-0.2, 0) is 4.79 Å². The molecular weight excluding hydrogens is 254 g/mol. The van der Waals surface area contributed by atoms with Crippen LogP contribution in [0.3, 0.4) is 0 Å². The molecule has 0 aliphatic carbocycles. The molecule has 0 aliphatic rings. The van der Waals surface area contributed by atoms with Crippen LogP contribution in [0.15, 0.2) is 18.2 Å². The summed E-state index contributed by atoms with van der Waals surface area (Å²) in [5, 5.41) is 3.06. The molecule has 1 aromatic carbocycles. The monoisotopic (exact) mass is 269 g/mol. The van der Waals surface area contributed by atoms with Gasteiger partial charge in [-0.2, -0.15) is 0 Å². The number of nitrogens with zero attached hydrogens (tertiary/aromatic N) is 1. The summed E-state index contributed by atoms with van der Waals surface area (Å²) < 4.78 is 0. The van der Waals surface area contributed by atoms with Gasteiger partial charge in [0.2, 0.25) is 5.91 Å². The van der Waals surface area contributed by atoms with Crippen LogP contribution >= 0.6 is 11.6 Å². The van der Waals surface area contributed by atoms with Crippen molar-refractivity contribution in [1.29, 1.82) is 0 Å². The van der Waals surface area contributed by atoms with Crippen LogP contribution in [0.5, 0.6) is 0 Å². The summed E-state index contributed by atoms with van der Waals surface area (Å²) in [5.41, 5.74) is 6.38. The minimum Gasteiger partial charge on any atom is -0.398 e. The van der Waals surface area contributed by atoms with E-state index in [0.29, 0.717) is 22.8 Å². The van der Waals surface area contributed by atoms with E-state index in [-0.39, 0.29) is 18.2 Å². The number of amides is 2. The highest BCUT2D eigenvalue weighted by atomic mass is 35.5. The Hall–Kier alpha value is -1.75. The Morgan fingerprint density at radius 2 is 2.06 bits per heavy atom. The van der Waals surface area contributed by atoms with Crippen LogP contribution in [0.2, 0.25) is 5.02 Å². The Kier molecular flexibility index (Phi) is 4.97. The molecular formula is C12H16ClN3O2. The number of nitrogens with two attached hydrogens (primary N) is 1.